The first kappa shape index (κ1) is 19.0. The summed E-state index contributed by atoms with van der Waals surface area (Å²) >= 11 is 0. The van der Waals surface area contributed by atoms with E-state index in [1.807, 2.05) is 0 Å². The number of benzene rings is 2. The van der Waals surface area contributed by atoms with Gasteiger partial charge in [0.15, 0.2) is 11.5 Å². The van der Waals surface area contributed by atoms with Crippen LogP contribution in [0.4, 0.5) is 11.4 Å². The molecule has 152 valence electrons. The van der Waals surface area contributed by atoms with Crippen molar-refractivity contribution in [2.24, 2.45) is 5.92 Å². The normalized spacial score (nSPS) is 19.9. The average molecular weight is 419 g/mol. The number of ether oxygens (including phenoxy) is 2. The highest BCUT2D eigenvalue weighted by molar-refractivity contribution is 7.92. The minimum Gasteiger partial charge on any atom is -0.486 e. The van der Waals surface area contributed by atoms with Crippen molar-refractivity contribution in [2.45, 2.75) is 17.4 Å². The smallest absolute Gasteiger partial charge is 0.262 e. The maximum absolute atomic E-state index is 12.6. The molecule has 2 aromatic rings. The Balaban J connectivity index is 1.42. The van der Waals surface area contributed by atoms with Crippen LogP contribution >= 0.6 is 0 Å². The van der Waals surface area contributed by atoms with E-state index in [2.05, 4.69) is 10.0 Å². The van der Waals surface area contributed by atoms with Crippen LogP contribution in [-0.2, 0) is 14.8 Å². The Morgan fingerprint density at radius 2 is 1.69 bits per heavy atom. The summed E-state index contributed by atoms with van der Waals surface area (Å²) in [4.78, 5) is 22.2. The zero-order chi connectivity index (χ0) is 20.6. The predicted molar refractivity (Wildman–Crippen MR) is 102 cm³/mol. The summed E-state index contributed by atoms with van der Waals surface area (Å²) in [6.45, 7) is 0.758. The van der Waals surface area contributed by atoms with E-state index in [1.165, 1.54) is 42.5 Å². The summed E-state index contributed by atoms with van der Waals surface area (Å²) in [6.07, 6.45) is 0.228. The van der Waals surface area contributed by atoms with Crippen LogP contribution < -0.4 is 19.5 Å². The van der Waals surface area contributed by atoms with Gasteiger partial charge in [-0.1, -0.05) is 0 Å². The highest BCUT2D eigenvalue weighted by Crippen LogP contribution is 2.34. The van der Waals surface area contributed by atoms with Crippen molar-refractivity contribution < 1.29 is 27.6 Å². The van der Waals surface area contributed by atoms with E-state index < -0.39 is 32.8 Å². The first-order valence-corrected chi connectivity index (χ1v) is 10.3. The SMILES string of the molecule is O=C(Nc1ccc(NS(=O)(=O)c2ccc3c(c2)OCCO3)cc1)C1CC1[N+](=O)[O-]. The van der Waals surface area contributed by atoms with E-state index in [-0.39, 0.29) is 11.3 Å². The molecule has 11 heteroatoms. The van der Waals surface area contributed by atoms with Gasteiger partial charge in [-0.15, -0.1) is 0 Å². The molecule has 1 aliphatic heterocycles. The Morgan fingerprint density at radius 3 is 2.34 bits per heavy atom. The first-order valence-electron chi connectivity index (χ1n) is 8.80. The van der Waals surface area contributed by atoms with E-state index >= 15 is 0 Å². The second kappa shape index (κ2) is 7.24. The quantitative estimate of drug-likeness (QED) is 0.538. The third-order valence-electron chi connectivity index (χ3n) is 4.59. The highest BCUT2D eigenvalue weighted by Gasteiger charge is 2.53. The molecule has 2 N–H and O–H groups in total. The number of rotatable bonds is 6. The molecule has 0 saturated heterocycles. The van der Waals surface area contributed by atoms with Gasteiger partial charge in [-0.25, -0.2) is 8.42 Å². The molecule has 0 spiro atoms. The van der Waals surface area contributed by atoms with Gasteiger partial charge in [0, 0.05) is 28.8 Å². The summed E-state index contributed by atoms with van der Waals surface area (Å²) in [5.41, 5.74) is 0.721. The fourth-order valence-corrected chi connectivity index (χ4v) is 4.03. The molecule has 2 unspecified atom stereocenters. The van der Waals surface area contributed by atoms with Crippen molar-refractivity contribution >= 4 is 27.3 Å². The van der Waals surface area contributed by atoms with Crippen LogP contribution in [0.5, 0.6) is 11.5 Å². The van der Waals surface area contributed by atoms with Crippen LogP contribution in [0, 0.1) is 16.0 Å². The fraction of sp³-hybridized carbons (Fsp3) is 0.278. The lowest BCUT2D eigenvalue weighted by atomic mass is 10.2. The average Bonchev–Trinajstić information content (AvgIpc) is 3.50. The second-order valence-corrected chi connectivity index (χ2v) is 8.35. The van der Waals surface area contributed by atoms with Crippen molar-refractivity contribution in [3.63, 3.8) is 0 Å². The van der Waals surface area contributed by atoms with Gasteiger partial charge in [0.25, 0.3) is 10.0 Å². The molecular formula is C18H17N3O7S. The largest absolute Gasteiger partial charge is 0.486 e. The maximum Gasteiger partial charge on any atom is 0.262 e. The molecule has 2 atom stereocenters. The number of anilines is 2. The van der Waals surface area contributed by atoms with Crippen molar-refractivity contribution in [1.82, 2.24) is 0 Å². The van der Waals surface area contributed by atoms with E-state index in [1.54, 1.807) is 0 Å². The number of hydrogen-bond donors (Lipinski definition) is 2. The molecule has 2 aromatic carbocycles. The molecule has 10 nitrogen and oxygen atoms in total. The van der Waals surface area contributed by atoms with Gasteiger partial charge in [0.2, 0.25) is 11.9 Å². The Bertz CT molecular complexity index is 1070. The van der Waals surface area contributed by atoms with Crippen molar-refractivity contribution in [3.05, 3.63) is 52.6 Å². The number of nitrogens with zero attached hydrogens (tertiary/aromatic N) is 1. The van der Waals surface area contributed by atoms with Crippen LogP contribution in [0.2, 0.25) is 0 Å². The van der Waals surface area contributed by atoms with E-state index in [4.69, 9.17) is 9.47 Å². The van der Waals surface area contributed by atoms with E-state index in [0.29, 0.717) is 36.1 Å². The molecule has 29 heavy (non-hydrogen) atoms. The number of amides is 1. The molecule has 1 amide bonds. The molecule has 4 rings (SSSR count). The maximum atomic E-state index is 12.6. The lowest BCUT2D eigenvalue weighted by Gasteiger charge is -2.19. The van der Waals surface area contributed by atoms with Crippen LogP contribution in [0.1, 0.15) is 6.42 Å². The van der Waals surface area contributed by atoms with Crippen molar-refractivity contribution in [1.29, 1.82) is 0 Å². The number of nitro groups is 1. The van der Waals surface area contributed by atoms with Gasteiger partial charge in [0.05, 0.1) is 4.90 Å². The number of nitrogens with one attached hydrogen (secondary N) is 2. The third kappa shape index (κ3) is 4.09. The zero-order valence-electron chi connectivity index (χ0n) is 15.0. The summed E-state index contributed by atoms with van der Waals surface area (Å²) < 4.78 is 38.5. The van der Waals surface area contributed by atoms with Crippen LogP contribution in [0.25, 0.3) is 0 Å². The fourth-order valence-electron chi connectivity index (χ4n) is 2.96. The van der Waals surface area contributed by atoms with Crippen molar-refractivity contribution in [3.8, 4) is 11.5 Å². The number of fused-ring (bicyclic) bond motifs is 1. The molecule has 1 saturated carbocycles. The Hall–Kier alpha value is -3.34. The van der Waals surface area contributed by atoms with Gasteiger partial charge in [-0.05, 0) is 36.4 Å². The number of sulfonamides is 1. The number of hydrogen-bond acceptors (Lipinski definition) is 7. The molecular weight excluding hydrogens is 402 g/mol. The Kier molecular flexibility index (Phi) is 4.74. The first-order chi connectivity index (χ1) is 13.8. The Morgan fingerprint density at radius 1 is 1.03 bits per heavy atom. The molecule has 2 aliphatic rings. The van der Waals surface area contributed by atoms with Crippen molar-refractivity contribution in [2.75, 3.05) is 23.3 Å². The monoisotopic (exact) mass is 419 g/mol. The van der Waals surface area contributed by atoms with Gasteiger partial charge in [-0.2, -0.15) is 0 Å². The summed E-state index contributed by atoms with van der Waals surface area (Å²) in [7, 11) is -3.85. The lowest BCUT2D eigenvalue weighted by molar-refractivity contribution is -0.497. The molecule has 1 fully saturated rings. The topological polar surface area (TPSA) is 137 Å². The minimum absolute atomic E-state index is 0.0266. The zero-order valence-corrected chi connectivity index (χ0v) is 15.8. The molecule has 1 heterocycles. The number of carbonyl (C=O) groups excluding carboxylic acids is 1. The van der Waals surface area contributed by atoms with Crippen LogP contribution in [-0.4, -0.2) is 38.5 Å². The third-order valence-corrected chi connectivity index (χ3v) is 5.97. The van der Waals surface area contributed by atoms with E-state index in [9.17, 15) is 23.3 Å². The van der Waals surface area contributed by atoms with Crippen LogP contribution in [0.3, 0.4) is 0 Å². The minimum atomic E-state index is -3.85. The van der Waals surface area contributed by atoms with Gasteiger partial charge in [-0.3, -0.25) is 19.6 Å². The Labute approximate surface area is 166 Å². The lowest BCUT2D eigenvalue weighted by Crippen LogP contribution is -2.18. The molecule has 1 aliphatic carbocycles. The second-order valence-electron chi connectivity index (χ2n) is 6.67. The summed E-state index contributed by atoms with van der Waals surface area (Å²) in [5, 5.41) is 13.2. The predicted octanol–water partition coefficient (Wildman–Crippen LogP) is 1.86. The van der Waals surface area contributed by atoms with Gasteiger partial charge < -0.3 is 14.8 Å². The number of carbonyl (C=O) groups is 1. The van der Waals surface area contributed by atoms with Gasteiger partial charge in [0.1, 0.15) is 19.1 Å². The molecule has 0 radical (unpaired) electrons. The highest BCUT2D eigenvalue weighted by atomic mass is 32.2. The summed E-state index contributed by atoms with van der Waals surface area (Å²) in [5.74, 6) is -0.190. The summed E-state index contributed by atoms with van der Waals surface area (Å²) in [6, 6.07) is 9.54. The molecule has 0 bridgehead atoms. The van der Waals surface area contributed by atoms with Crippen LogP contribution in [0.15, 0.2) is 47.4 Å². The standard InChI is InChI=1S/C18H17N3O7S/c22-18(14-10-15(14)21(23)24)19-11-1-3-12(4-2-11)20-29(25,26)13-5-6-16-17(9-13)28-8-7-27-16/h1-6,9,14-15,20H,7-8,10H2,(H,19,22). The molecule has 0 aromatic heterocycles. The van der Waals surface area contributed by atoms with E-state index in [0.717, 1.165) is 0 Å². The van der Waals surface area contributed by atoms with Gasteiger partial charge >= 0.3 is 0 Å².